The number of hydrogen-bond acceptors (Lipinski definition) is 4. The van der Waals surface area contributed by atoms with Crippen molar-refractivity contribution >= 4 is 11.6 Å². The van der Waals surface area contributed by atoms with Crippen LogP contribution in [0.3, 0.4) is 0 Å². The van der Waals surface area contributed by atoms with Gasteiger partial charge in [-0.1, -0.05) is 30.3 Å². The third kappa shape index (κ3) is 4.57. The maximum absolute atomic E-state index is 12.4. The van der Waals surface area contributed by atoms with Gasteiger partial charge < -0.3 is 15.0 Å². The fraction of sp³-hybridized carbons (Fsp3) is 0.400. The zero-order valence-corrected chi connectivity index (χ0v) is 15.0. The fourth-order valence-electron chi connectivity index (χ4n) is 3.26. The minimum absolute atomic E-state index is 0.146. The molecule has 1 N–H and O–H groups in total. The molecule has 5 nitrogen and oxygen atoms in total. The molecular weight excluding hydrogens is 314 g/mol. The van der Waals surface area contributed by atoms with Crippen LogP contribution >= 0.6 is 0 Å². The van der Waals surface area contributed by atoms with E-state index in [0.29, 0.717) is 12.2 Å². The van der Waals surface area contributed by atoms with Gasteiger partial charge in [0.05, 0.1) is 11.7 Å². The molecule has 3 rings (SSSR count). The lowest BCUT2D eigenvalue weighted by Gasteiger charge is -2.42. The number of nitrogens with zero attached hydrogens (tertiary/aromatic N) is 2. The number of benzene rings is 1. The van der Waals surface area contributed by atoms with Gasteiger partial charge in [-0.25, -0.2) is 0 Å². The maximum Gasteiger partial charge on any atom is 0.270 e. The second-order valence-electron chi connectivity index (χ2n) is 7.14. The summed E-state index contributed by atoms with van der Waals surface area (Å²) in [5.41, 5.74) is 2.29. The molecule has 2 heterocycles. The van der Waals surface area contributed by atoms with Crippen molar-refractivity contribution in [2.24, 2.45) is 0 Å². The molecule has 0 aliphatic carbocycles. The van der Waals surface area contributed by atoms with Crippen LogP contribution in [0.1, 0.15) is 36.8 Å². The van der Waals surface area contributed by atoms with E-state index in [1.807, 2.05) is 42.5 Å². The second-order valence-corrected chi connectivity index (χ2v) is 7.14. The third-order valence-electron chi connectivity index (χ3n) is 4.21. The summed E-state index contributed by atoms with van der Waals surface area (Å²) < 4.78 is 5.95. The molecule has 5 heteroatoms. The number of rotatable bonds is 4. The van der Waals surface area contributed by atoms with E-state index in [2.05, 4.69) is 36.0 Å². The molecule has 1 aliphatic rings. The van der Waals surface area contributed by atoms with Crippen LogP contribution < -0.4 is 10.2 Å². The smallest absolute Gasteiger partial charge is 0.270 e. The fourth-order valence-corrected chi connectivity index (χ4v) is 3.26. The van der Waals surface area contributed by atoms with Gasteiger partial charge in [-0.15, -0.1) is 0 Å². The number of anilines is 1. The normalized spacial score (nSPS) is 19.5. The number of ether oxygens (including phenoxy) is 1. The van der Waals surface area contributed by atoms with Crippen molar-refractivity contribution in [2.45, 2.75) is 39.0 Å². The summed E-state index contributed by atoms with van der Waals surface area (Å²) in [6.07, 6.45) is 1.84. The minimum atomic E-state index is -0.212. The van der Waals surface area contributed by atoms with E-state index >= 15 is 0 Å². The van der Waals surface area contributed by atoms with Crippen LogP contribution in [0, 0.1) is 0 Å². The molecule has 132 valence electrons. The lowest BCUT2D eigenvalue weighted by molar-refractivity contribution is -0.0749. The molecule has 1 aromatic carbocycles. The van der Waals surface area contributed by atoms with Crippen molar-refractivity contribution in [1.29, 1.82) is 0 Å². The van der Waals surface area contributed by atoms with E-state index in [1.54, 1.807) is 6.20 Å². The molecule has 1 aromatic heterocycles. The first-order chi connectivity index (χ1) is 11.9. The summed E-state index contributed by atoms with van der Waals surface area (Å²) in [6, 6.07) is 13.7. The average molecular weight is 339 g/mol. The van der Waals surface area contributed by atoms with Crippen LogP contribution in [-0.4, -0.2) is 35.7 Å². The van der Waals surface area contributed by atoms with Gasteiger partial charge in [-0.05, 0) is 38.5 Å². The van der Waals surface area contributed by atoms with E-state index < -0.39 is 0 Å². The van der Waals surface area contributed by atoms with Gasteiger partial charge >= 0.3 is 0 Å². The molecule has 0 spiro atoms. The molecule has 1 amide bonds. The van der Waals surface area contributed by atoms with Crippen LogP contribution in [0.25, 0.3) is 0 Å². The van der Waals surface area contributed by atoms with Crippen molar-refractivity contribution in [1.82, 2.24) is 10.3 Å². The van der Waals surface area contributed by atoms with Gasteiger partial charge in [0, 0.05) is 31.5 Å². The van der Waals surface area contributed by atoms with E-state index in [-0.39, 0.29) is 17.6 Å². The minimum Gasteiger partial charge on any atom is -0.369 e. The van der Waals surface area contributed by atoms with E-state index in [1.165, 1.54) is 0 Å². The second kappa shape index (κ2) is 7.23. The zero-order valence-electron chi connectivity index (χ0n) is 15.0. The standard InChI is InChI=1S/C20H25N3O2/c1-15-13-23(14-20(2,3)25-15)17-9-10-21-18(11-17)19(24)22-12-16-7-5-4-6-8-16/h4-11,15H,12-14H2,1-3H3,(H,22,24)/t15-/m0/s1. The molecule has 2 aromatic rings. The van der Waals surface area contributed by atoms with Crippen LogP contribution in [-0.2, 0) is 11.3 Å². The van der Waals surface area contributed by atoms with Crippen LogP contribution in [0.5, 0.6) is 0 Å². The zero-order chi connectivity index (χ0) is 17.9. The molecule has 1 fully saturated rings. The number of pyridine rings is 1. The first-order valence-corrected chi connectivity index (χ1v) is 8.64. The number of carbonyl (C=O) groups excluding carboxylic acids is 1. The third-order valence-corrected chi connectivity index (χ3v) is 4.21. The Balaban J connectivity index is 1.69. The summed E-state index contributed by atoms with van der Waals surface area (Å²) in [5, 5.41) is 2.93. The number of hydrogen-bond donors (Lipinski definition) is 1. The van der Waals surface area contributed by atoms with Gasteiger partial charge in [-0.2, -0.15) is 0 Å². The Morgan fingerprint density at radius 1 is 1.32 bits per heavy atom. The van der Waals surface area contributed by atoms with E-state index in [4.69, 9.17) is 4.74 Å². The van der Waals surface area contributed by atoms with Gasteiger partial charge in [0.15, 0.2) is 0 Å². The summed E-state index contributed by atoms with van der Waals surface area (Å²) in [6.45, 7) is 8.33. The monoisotopic (exact) mass is 339 g/mol. The van der Waals surface area contributed by atoms with Crippen molar-refractivity contribution in [2.75, 3.05) is 18.0 Å². The highest BCUT2D eigenvalue weighted by molar-refractivity contribution is 5.93. The highest BCUT2D eigenvalue weighted by Gasteiger charge is 2.31. The highest BCUT2D eigenvalue weighted by Crippen LogP contribution is 2.26. The molecule has 1 aliphatic heterocycles. The quantitative estimate of drug-likeness (QED) is 0.930. The Morgan fingerprint density at radius 2 is 2.08 bits per heavy atom. The van der Waals surface area contributed by atoms with Crippen LogP contribution in [0.2, 0.25) is 0 Å². The van der Waals surface area contributed by atoms with Gasteiger partial charge in [-0.3, -0.25) is 9.78 Å². The first kappa shape index (κ1) is 17.4. The van der Waals surface area contributed by atoms with Crippen molar-refractivity contribution < 1.29 is 9.53 Å². The predicted octanol–water partition coefficient (Wildman–Crippen LogP) is 3.02. The molecule has 0 radical (unpaired) electrons. The highest BCUT2D eigenvalue weighted by atomic mass is 16.5. The number of amides is 1. The van der Waals surface area contributed by atoms with Crippen LogP contribution in [0.4, 0.5) is 5.69 Å². The van der Waals surface area contributed by atoms with Crippen LogP contribution in [0.15, 0.2) is 48.7 Å². The number of aromatic nitrogens is 1. The molecular formula is C20H25N3O2. The van der Waals surface area contributed by atoms with Crippen molar-refractivity contribution in [3.05, 3.63) is 59.9 Å². The summed E-state index contributed by atoms with van der Waals surface area (Å²) in [5.74, 6) is -0.161. The molecule has 0 saturated carbocycles. The summed E-state index contributed by atoms with van der Waals surface area (Å²) >= 11 is 0. The number of morpholine rings is 1. The number of nitrogens with one attached hydrogen (secondary N) is 1. The Bertz CT molecular complexity index is 731. The predicted molar refractivity (Wildman–Crippen MR) is 98.7 cm³/mol. The molecule has 0 bridgehead atoms. The Hall–Kier alpha value is -2.40. The average Bonchev–Trinajstić information content (AvgIpc) is 2.59. The van der Waals surface area contributed by atoms with Crippen molar-refractivity contribution in [3.63, 3.8) is 0 Å². The summed E-state index contributed by atoms with van der Waals surface area (Å²) in [7, 11) is 0. The lowest BCUT2D eigenvalue weighted by Crippen LogP contribution is -2.52. The van der Waals surface area contributed by atoms with Crippen molar-refractivity contribution in [3.8, 4) is 0 Å². The largest absolute Gasteiger partial charge is 0.369 e. The maximum atomic E-state index is 12.4. The molecule has 1 atom stereocenters. The SMILES string of the molecule is C[C@H]1CN(c2ccnc(C(=O)NCc3ccccc3)c2)CC(C)(C)O1. The Morgan fingerprint density at radius 3 is 2.80 bits per heavy atom. The number of carbonyl (C=O) groups is 1. The van der Waals surface area contributed by atoms with Gasteiger partial charge in [0.1, 0.15) is 5.69 Å². The van der Waals surface area contributed by atoms with E-state index in [0.717, 1.165) is 24.3 Å². The van der Waals surface area contributed by atoms with Gasteiger partial charge in [0.2, 0.25) is 0 Å². The molecule has 0 unspecified atom stereocenters. The lowest BCUT2D eigenvalue weighted by atomic mass is 10.0. The Kier molecular flexibility index (Phi) is 5.04. The molecule has 25 heavy (non-hydrogen) atoms. The Labute approximate surface area is 149 Å². The topological polar surface area (TPSA) is 54.5 Å². The van der Waals surface area contributed by atoms with Gasteiger partial charge in [0.25, 0.3) is 5.91 Å². The summed E-state index contributed by atoms with van der Waals surface area (Å²) in [4.78, 5) is 18.9. The molecule has 1 saturated heterocycles. The van der Waals surface area contributed by atoms with E-state index in [9.17, 15) is 4.79 Å². The first-order valence-electron chi connectivity index (χ1n) is 8.64.